The Labute approximate surface area is 105 Å². The monoisotopic (exact) mass is 246 g/mol. The Kier molecular flexibility index (Phi) is 2.81. The summed E-state index contributed by atoms with van der Waals surface area (Å²) in [6, 6.07) is 3.80. The zero-order valence-corrected chi connectivity index (χ0v) is 10.1. The van der Waals surface area contributed by atoms with Gasteiger partial charge in [-0.2, -0.15) is 5.10 Å². The summed E-state index contributed by atoms with van der Waals surface area (Å²) in [5, 5.41) is 4.11. The van der Waals surface area contributed by atoms with Gasteiger partial charge in [-0.05, 0) is 19.1 Å². The maximum absolute atomic E-state index is 5.97. The second-order valence-electron chi connectivity index (χ2n) is 4.32. The van der Waals surface area contributed by atoms with Crippen LogP contribution in [0.4, 0.5) is 0 Å². The van der Waals surface area contributed by atoms with Crippen molar-refractivity contribution < 1.29 is 9.47 Å². The van der Waals surface area contributed by atoms with Gasteiger partial charge in [-0.15, -0.1) is 0 Å². The molecular formula is C12H14N4O2. The van der Waals surface area contributed by atoms with Gasteiger partial charge in [0.1, 0.15) is 19.2 Å². The van der Waals surface area contributed by atoms with Crippen molar-refractivity contribution in [1.29, 1.82) is 0 Å². The average molecular weight is 246 g/mol. The van der Waals surface area contributed by atoms with Crippen LogP contribution in [0.15, 0.2) is 37.2 Å². The lowest BCUT2D eigenvalue weighted by atomic mass is 10.1. The second kappa shape index (κ2) is 4.47. The van der Waals surface area contributed by atoms with Gasteiger partial charge in [-0.25, -0.2) is 9.67 Å². The highest BCUT2D eigenvalue weighted by molar-refractivity contribution is 5.17. The van der Waals surface area contributed by atoms with Crippen LogP contribution in [0, 0.1) is 0 Å². The minimum atomic E-state index is -0.796. The maximum atomic E-state index is 5.97. The zero-order valence-electron chi connectivity index (χ0n) is 10.1. The van der Waals surface area contributed by atoms with E-state index >= 15 is 0 Å². The highest BCUT2D eigenvalue weighted by Crippen LogP contribution is 2.35. The van der Waals surface area contributed by atoms with Crippen molar-refractivity contribution in [3.8, 4) is 0 Å². The molecule has 6 nitrogen and oxygen atoms in total. The zero-order chi connectivity index (χ0) is 12.4. The summed E-state index contributed by atoms with van der Waals surface area (Å²) in [4.78, 5) is 7.95. The minimum absolute atomic E-state index is 0.0571. The molecule has 2 unspecified atom stereocenters. The number of ether oxygens (including phenoxy) is 2. The van der Waals surface area contributed by atoms with Crippen LogP contribution >= 0.6 is 0 Å². The van der Waals surface area contributed by atoms with Crippen molar-refractivity contribution in [2.75, 3.05) is 6.61 Å². The molecule has 94 valence electrons. The topological polar surface area (TPSA) is 62.1 Å². The fourth-order valence-corrected chi connectivity index (χ4v) is 2.10. The van der Waals surface area contributed by atoms with Gasteiger partial charge in [0, 0.05) is 18.0 Å². The molecule has 0 spiro atoms. The van der Waals surface area contributed by atoms with Crippen molar-refractivity contribution >= 4 is 0 Å². The fraction of sp³-hybridized carbons (Fsp3) is 0.417. The van der Waals surface area contributed by atoms with Crippen molar-refractivity contribution in [2.24, 2.45) is 0 Å². The number of aromatic nitrogens is 4. The van der Waals surface area contributed by atoms with E-state index in [1.807, 2.05) is 19.1 Å². The van der Waals surface area contributed by atoms with Crippen molar-refractivity contribution in [3.05, 3.63) is 42.7 Å². The Hall–Kier alpha value is -1.79. The molecule has 2 aromatic heterocycles. The Morgan fingerprint density at radius 1 is 1.39 bits per heavy atom. The average Bonchev–Trinajstić information content (AvgIpc) is 3.02. The standard InChI is InChI=1S/C12H14N4O2/c1-10-6-17-12(18-10,7-16-9-14-8-15-16)11-2-4-13-5-3-11/h2-5,8-10H,6-7H2,1H3. The van der Waals surface area contributed by atoms with Gasteiger partial charge in [0.25, 0.3) is 0 Å². The van der Waals surface area contributed by atoms with E-state index in [1.54, 1.807) is 23.4 Å². The van der Waals surface area contributed by atoms with Crippen molar-refractivity contribution in [1.82, 2.24) is 19.7 Å². The summed E-state index contributed by atoms with van der Waals surface area (Å²) < 4.78 is 13.6. The number of nitrogens with zero attached hydrogens (tertiary/aromatic N) is 4. The van der Waals surface area contributed by atoms with Gasteiger partial charge in [-0.3, -0.25) is 4.98 Å². The van der Waals surface area contributed by atoms with Gasteiger partial charge in [0.2, 0.25) is 5.79 Å². The Bertz CT molecular complexity index is 502. The molecule has 1 aliphatic heterocycles. The quantitative estimate of drug-likeness (QED) is 0.807. The summed E-state index contributed by atoms with van der Waals surface area (Å²) in [7, 11) is 0. The predicted octanol–water partition coefficient (Wildman–Crippen LogP) is 0.961. The van der Waals surface area contributed by atoms with E-state index in [4.69, 9.17) is 9.47 Å². The van der Waals surface area contributed by atoms with Crippen LogP contribution in [0.1, 0.15) is 12.5 Å². The van der Waals surface area contributed by atoms with Crippen LogP contribution in [0.25, 0.3) is 0 Å². The molecule has 0 amide bonds. The summed E-state index contributed by atoms with van der Waals surface area (Å²) >= 11 is 0. The van der Waals surface area contributed by atoms with Gasteiger partial charge < -0.3 is 9.47 Å². The number of hydrogen-bond acceptors (Lipinski definition) is 5. The number of hydrogen-bond donors (Lipinski definition) is 0. The number of pyridine rings is 1. The molecule has 0 aliphatic carbocycles. The first-order valence-electron chi connectivity index (χ1n) is 5.83. The first-order chi connectivity index (χ1) is 8.78. The van der Waals surface area contributed by atoms with Crippen LogP contribution in [0.5, 0.6) is 0 Å². The Morgan fingerprint density at radius 3 is 2.83 bits per heavy atom. The molecule has 0 N–H and O–H groups in total. The molecule has 1 saturated heterocycles. The molecule has 1 aliphatic rings. The molecule has 0 radical (unpaired) electrons. The van der Waals surface area contributed by atoms with E-state index in [1.165, 1.54) is 6.33 Å². The third-order valence-corrected chi connectivity index (χ3v) is 2.90. The molecule has 2 atom stereocenters. The van der Waals surface area contributed by atoms with Gasteiger partial charge in [-0.1, -0.05) is 0 Å². The van der Waals surface area contributed by atoms with E-state index in [-0.39, 0.29) is 6.10 Å². The number of rotatable bonds is 3. The van der Waals surface area contributed by atoms with Crippen LogP contribution in [0.3, 0.4) is 0 Å². The summed E-state index contributed by atoms with van der Waals surface area (Å²) in [5.74, 6) is -0.796. The molecule has 3 heterocycles. The highest BCUT2D eigenvalue weighted by atomic mass is 16.7. The molecule has 0 bridgehead atoms. The molecular weight excluding hydrogens is 232 g/mol. The van der Waals surface area contributed by atoms with Crippen LogP contribution in [-0.4, -0.2) is 32.5 Å². The van der Waals surface area contributed by atoms with Crippen LogP contribution < -0.4 is 0 Å². The van der Waals surface area contributed by atoms with Gasteiger partial charge in [0.15, 0.2) is 0 Å². The molecule has 1 fully saturated rings. The highest BCUT2D eigenvalue weighted by Gasteiger charge is 2.42. The fourth-order valence-electron chi connectivity index (χ4n) is 2.10. The van der Waals surface area contributed by atoms with E-state index in [9.17, 15) is 0 Å². The lowest BCUT2D eigenvalue weighted by Crippen LogP contribution is -2.33. The maximum Gasteiger partial charge on any atom is 0.215 e. The molecule has 6 heteroatoms. The Balaban J connectivity index is 1.94. The first-order valence-corrected chi connectivity index (χ1v) is 5.83. The van der Waals surface area contributed by atoms with Crippen molar-refractivity contribution in [3.63, 3.8) is 0 Å². The Morgan fingerprint density at radius 2 is 2.22 bits per heavy atom. The van der Waals surface area contributed by atoms with Crippen molar-refractivity contribution in [2.45, 2.75) is 25.4 Å². The smallest absolute Gasteiger partial charge is 0.215 e. The largest absolute Gasteiger partial charge is 0.342 e. The summed E-state index contributed by atoms with van der Waals surface area (Å²) in [6.45, 7) is 3.03. The summed E-state index contributed by atoms with van der Waals surface area (Å²) in [5.41, 5.74) is 0.942. The van der Waals surface area contributed by atoms with Crippen LogP contribution in [-0.2, 0) is 21.8 Å². The molecule has 0 aromatic carbocycles. The summed E-state index contributed by atoms with van der Waals surface area (Å²) in [6.07, 6.45) is 6.67. The lowest BCUT2D eigenvalue weighted by Gasteiger charge is -2.27. The molecule has 3 rings (SSSR count). The van der Waals surface area contributed by atoms with E-state index < -0.39 is 5.79 Å². The third-order valence-electron chi connectivity index (χ3n) is 2.90. The van der Waals surface area contributed by atoms with E-state index in [0.29, 0.717) is 13.2 Å². The normalized spacial score (nSPS) is 27.5. The van der Waals surface area contributed by atoms with Gasteiger partial charge >= 0.3 is 0 Å². The molecule has 2 aromatic rings. The van der Waals surface area contributed by atoms with Gasteiger partial charge in [0.05, 0.1) is 12.7 Å². The minimum Gasteiger partial charge on any atom is -0.342 e. The molecule has 18 heavy (non-hydrogen) atoms. The first kappa shape index (κ1) is 11.3. The predicted molar refractivity (Wildman–Crippen MR) is 62.4 cm³/mol. The lowest BCUT2D eigenvalue weighted by molar-refractivity contribution is -0.186. The molecule has 0 saturated carbocycles. The van der Waals surface area contributed by atoms with Crippen LogP contribution in [0.2, 0.25) is 0 Å². The third kappa shape index (κ3) is 2.00. The SMILES string of the molecule is CC1COC(Cn2cncn2)(c2ccncc2)O1. The van der Waals surface area contributed by atoms with E-state index in [0.717, 1.165) is 5.56 Å². The second-order valence-corrected chi connectivity index (χ2v) is 4.32. The van der Waals surface area contributed by atoms with E-state index in [2.05, 4.69) is 15.1 Å².